The Bertz CT molecular complexity index is 1140. The number of unbranched alkanes of at least 4 members (excludes halogenated alkanes) is 4. The van der Waals surface area contributed by atoms with Crippen molar-refractivity contribution in [3.63, 3.8) is 0 Å². The van der Waals surface area contributed by atoms with E-state index < -0.39 is 0 Å². The molecule has 3 rings (SSSR count). The molecule has 0 saturated heterocycles. The molecule has 0 aliphatic rings. The topological polar surface area (TPSA) is 0 Å². The predicted octanol–water partition coefficient (Wildman–Crippen LogP) is 10.4. The Morgan fingerprint density at radius 1 is 0.571 bits per heavy atom. The molecule has 0 aromatic heterocycles. The van der Waals surface area contributed by atoms with Gasteiger partial charge in [0, 0.05) is 15.6 Å². The molecule has 0 aliphatic carbocycles. The molecule has 0 spiro atoms. The Morgan fingerprint density at radius 3 is 1.51 bits per heavy atom. The van der Waals surface area contributed by atoms with Crippen LogP contribution in [0, 0.1) is 11.8 Å². The SMILES string of the molecule is CCCCc1c(CCCC)c(CCCC)c2cc(C#Cc3ccccc3)c(Br)cc2c1CCCC. The number of halogens is 1. The van der Waals surface area contributed by atoms with Crippen LogP contribution in [-0.4, -0.2) is 0 Å². The van der Waals surface area contributed by atoms with Crippen LogP contribution in [0.15, 0.2) is 46.9 Å². The molecule has 0 unspecified atom stereocenters. The second-order valence-corrected chi connectivity index (χ2v) is 10.7. The molecule has 0 saturated carbocycles. The molecule has 0 amide bonds. The summed E-state index contributed by atoms with van der Waals surface area (Å²) in [7, 11) is 0. The van der Waals surface area contributed by atoms with E-state index in [1.54, 1.807) is 22.3 Å². The lowest BCUT2D eigenvalue weighted by atomic mass is 9.81. The van der Waals surface area contributed by atoms with Crippen LogP contribution in [0.3, 0.4) is 0 Å². The van der Waals surface area contributed by atoms with Crippen LogP contribution in [0.1, 0.15) is 112 Å². The van der Waals surface area contributed by atoms with Crippen LogP contribution in [-0.2, 0) is 25.7 Å². The van der Waals surface area contributed by atoms with Gasteiger partial charge in [-0.25, -0.2) is 0 Å². The number of hydrogen-bond acceptors (Lipinski definition) is 0. The fourth-order valence-corrected chi connectivity index (χ4v) is 5.55. The average Bonchev–Trinajstić information content (AvgIpc) is 2.88. The summed E-state index contributed by atoms with van der Waals surface area (Å²) in [6, 6.07) is 15.1. The van der Waals surface area contributed by atoms with Gasteiger partial charge in [-0.15, -0.1) is 0 Å². The molecule has 0 heterocycles. The van der Waals surface area contributed by atoms with Crippen molar-refractivity contribution < 1.29 is 0 Å². The zero-order chi connectivity index (χ0) is 25.0. The maximum absolute atomic E-state index is 3.91. The lowest BCUT2D eigenvalue weighted by Crippen LogP contribution is -2.08. The number of fused-ring (bicyclic) bond motifs is 1. The third-order valence-corrected chi connectivity index (χ3v) is 7.74. The third kappa shape index (κ3) is 7.24. The van der Waals surface area contributed by atoms with Gasteiger partial charge in [-0.3, -0.25) is 0 Å². The quantitative estimate of drug-likeness (QED) is 0.204. The monoisotopic (exact) mass is 530 g/mol. The number of hydrogen-bond donors (Lipinski definition) is 0. The van der Waals surface area contributed by atoms with E-state index in [0.29, 0.717) is 0 Å². The summed E-state index contributed by atoms with van der Waals surface area (Å²) in [5.74, 6) is 6.87. The van der Waals surface area contributed by atoms with Crippen LogP contribution in [0.5, 0.6) is 0 Å². The van der Waals surface area contributed by atoms with Crippen LogP contribution >= 0.6 is 15.9 Å². The van der Waals surface area contributed by atoms with Crippen molar-refractivity contribution in [2.24, 2.45) is 0 Å². The van der Waals surface area contributed by atoms with Crippen molar-refractivity contribution in [2.45, 2.75) is 105 Å². The zero-order valence-electron chi connectivity index (χ0n) is 22.4. The van der Waals surface area contributed by atoms with E-state index in [-0.39, 0.29) is 0 Å². The van der Waals surface area contributed by atoms with E-state index in [2.05, 4.69) is 91.9 Å². The summed E-state index contributed by atoms with van der Waals surface area (Å²) in [6.45, 7) is 9.28. The first kappa shape index (κ1) is 27.5. The second kappa shape index (κ2) is 14.5. The Kier molecular flexibility index (Phi) is 11.4. The van der Waals surface area contributed by atoms with Crippen LogP contribution in [0.2, 0.25) is 0 Å². The first-order chi connectivity index (χ1) is 17.1. The summed E-state index contributed by atoms with van der Waals surface area (Å²) >= 11 is 3.91. The molecule has 0 radical (unpaired) electrons. The maximum Gasteiger partial charge on any atom is 0.0397 e. The fourth-order valence-electron chi connectivity index (χ4n) is 5.11. The fraction of sp³-hybridized carbons (Fsp3) is 0.471. The molecule has 186 valence electrons. The van der Waals surface area contributed by atoms with Gasteiger partial charge in [0.2, 0.25) is 0 Å². The summed E-state index contributed by atoms with van der Waals surface area (Å²) in [5, 5.41) is 2.92. The molecule has 0 aliphatic heterocycles. The van der Waals surface area contributed by atoms with Crippen molar-refractivity contribution in [1.82, 2.24) is 0 Å². The number of rotatable bonds is 12. The molecular formula is C34H43Br. The first-order valence-electron chi connectivity index (χ1n) is 14.0. The standard InChI is InChI=1S/C34H43Br/c1-5-9-18-28-29(19-10-6-2)31(21-12-8-4)33-25-34(35)27(23-22-26-16-14-13-15-17-26)24-32(33)30(28)20-11-7-3/h13-17,24-25H,5-12,18-21H2,1-4H3. The van der Waals surface area contributed by atoms with Gasteiger partial charge in [-0.05, 0) is 125 Å². The van der Waals surface area contributed by atoms with Gasteiger partial charge in [0.05, 0.1) is 0 Å². The highest BCUT2D eigenvalue weighted by molar-refractivity contribution is 9.10. The minimum absolute atomic E-state index is 1.06. The molecule has 0 N–H and O–H groups in total. The van der Waals surface area contributed by atoms with E-state index in [9.17, 15) is 0 Å². The molecule has 0 atom stereocenters. The molecule has 3 aromatic carbocycles. The van der Waals surface area contributed by atoms with E-state index in [1.807, 2.05) is 6.07 Å². The molecule has 1 heteroatoms. The Labute approximate surface area is 223 Å². The van der Waals surface area contributed by atoms with Gasteiger partial charge in [-0.1, -0.05) is 83.4 Å². The molecule has 0 fully saturated rings. The summed E-state index contributed by atoms with van der Waals surface area (Å²) < 4.78 is 1.12. The normalized spacial score (nSPS) is 11.0. The Morgan fingerprint density at radius 2 is 1.03 bits per heavy atom. The lowest BCUT2D eigenvalue weighted by molar-refractivity contribution is 0.724. The van der Waals surface area contributed by atoms with Gasteiger partial charge in [0.15, 0.2) is 0 Å². The first-order valence-corrected chi connectivity index (χ1v) is 14.8. The predicted molar refractivity (Wildman–Crippen MR) is 159 cm³/mol. The summed E-state index contributed by atoms with van der Waals surface area (Å²) in [6.07, 6.45) is 14.8. The smallest absolute Gasteiger partial charge is 0.0397 e. The van der Waals surface area contributed by atoms with Crippen molar-refractivity contribution in [3.8, 4) is 11.8 Å². The minimum atomic E-state index is 1.06. The number of aryl methyl sites for hydroxylation is 2. The van der Waals surface area contributed by atoms with Crippen molar-refractivity contribution in [3.05, 3.63) is 80.3 Å². The van der Waals surface area contributed by atoms with Crippen molar-refractivity contribution >= 4 is 26.7 Å². The van der Waals surface area contributed by atoms with E-state index in [4.69, 9.17) is 0 Å². The van der Waals surface area contributed by atoms with Gasteiger partial charge >= 0.3 is 0 Å². The van der Waals surface area contributed by atoms with Crippen molar-refractivity contribution in [1.29, 1.82) is 0 Å². The molecule has 3 aromatic rings. The maximum atomic E-state index is 3.91. The van der Waals surface area contributed by atoms with Crippen LogP contribution in [0.25, 0.3) is 10.8 Å². The molecule has 0 bridgehead atoms. The molecule has 35 heavy (non-hydrogen) atoms. The van der Waals surface area contributed by atoms with Crippen molar-refractivity contribution in [2.75, 3.05) is 0 Å². The molecule has 0 nitrogen and oxygen atoms in total. The highest BCUT2D eigenvalue weighted by Crippen LogP contribution is 2.37. The van der Waals surface area contributed by atoms with Crippen LogP contribution in [0.4, 0.5) is 0 Å². The number of benzene rings is 3. The summed E-state index contributed by atoms with van der Waals surface area (Å²) in [4.78, 5) is 0. The Hall–Kier alpha value is -2.04. The Balaban J connectivity index is 2.30. The highest BCUT2D eigenvalue weighted by atomic mass is 79.9. The third-order valence-electron chi connectivity index (χ3n) is 7.09. The minimum Gasteiger partial charge on any atom is -0.0654 e. The lowest BCUT2D eigenvalue weighted by Gasteiger charge is -2.24. The van der Waals surface area contributed by atoms with Crippen LogP contribution < -0.4 is 0 Å². The molecular weight excluding hydrogens is 488 g/mol. The van der Waals surface area contributed by atoms with Gasteiger partial charge < -0.3 is 0 Å². The highest BCUT2D eigenvalue weighted by Gasteiger charge is 2.19. The van der Waals surface area contributed by atoms with E-state index in [0.717, 1.165) is 15.6 Å². The zero-order valence-corrected chi connectivity index (χ0v) is 24.0. The summed E-state index contributed by atoms with van der Waals surface area (Å²) in [5.41, 5.74) is 8.75. The van der Waals surface area contributed by atoms with E-state index in [1.165, 1.54) is 87.8 Å². The largest absolute Gasteiger partial charge is 0.0654 e. The van der Waals surface area contributed by atoms with Gasteiger partial charge in [0.25, 0.3) is 0 Å². The van der Waals surface area contributed by atoms with E-state index >= 15 is 0 Å². The van der Waals surface area contributed by atoms with Gasteiger partial charge in [-0.2, -0.15) is 0 Å². The average molecular weight is 532 g/mol. The second-order valence-electron chi connectivity index (χ2n) is 9.82. The van der Waals surface area contributed by atoms with Gasteiger partial charge in [0.1, 0.15) is 0 Å².